The number of nitriles is 1. The summed E-state index contributed by atoms with van der Waals surface area (Å²) in [6, 6.07) is 7.73. The van der Waals surface area contributed by atoms with Gasteiger partial charge in [-0.15, -0.1) is 11.3 Å². The average Bonchev–Trinajstić information content (AvgIpc) is 2.43. The van der Waals surface area contributed by atoms with Gasteiger partial charge in [0.05, 0.1) is 21.1 Å². The molecule has 0 aliphatic heterocycles. The average molecular weight is 253 g/mol. The highest BCUT2D eigenvalue weighted by Gasteiger charge is 2.09. The Bertz CT molecular complexity index is 510. The fourth-order valence-electron chi connectivity index (χ4n) is 1.24. The molecule has 2 N–H and O–H groups in total. The van der Waals surface area contributed by atoms with Gasteiger partial charge in [-0.05, 0) is 28.1 Å². The van der Waals surface area contributed by atoms with Crippen LogP contribution >= 0.6 is 27.3 Å². The van der Waals surface area contributed by atoms with E-state index in [1.165, 1.54) is 0 Å². The van der Waals surface area contributed by atoms with Crippen molar-refractivity contribution in [2.24, 2.45) is 0 Å². The number of benzene rings is 1. The Hall–Kier alpha value is -1.05. The van der Waals surface area contributed by atoms with Gasteiger partial charge in [0.25, 0.3) is 0 Å². The zero-order valence-corrected chi connectivity index (χ0v) is 8.95. The minimum atomic E-state index is 0.636. The Balaban J connectivity index is 2.97. The molecule has 0 saturated carbocycles. The molecular weight excluding hydrogens is 248 g/mol. The van der Waals surface area contributed by atoms with Gasteiger partial charge < -0.3 is 5.73 Å². The molecule has 0 unspecified atom stereocenters. The largest absolute Gasteiger partial charge is 0.397 e. The minimum Gasteiger partial charge on any atom is -0.397 e. The van der Waals surface area contributed by atoms with E-state index >= 15 is 0 Å². The van der Waals surface area contributed by atoms with Crippen molar-refractivity contribution in [2.45, 2.75) is 0 Å². The second-order valence-corrected chi connectivity index (χ2v) is 4.95. The van der Waals surface area contributed by atoms with Gasteiger partial charge in [0.15, 0.2) is 0 Å². The molecule has 1 aromatic carbocycles. The first-order valence-corrected chi connectivity index (χ1v) is 5.21. The van der Waals surface area contributed by atoms with Crippen LogP contribution in [0.2, 0.25) is 0 Å². The van der Waals surface area contributed by atoms with Gasteiger partial charge in [-0.1, -0.05) is 6.07 Å². The molecule has 0 fully saturated rings. The lowest BCUT2D eigenvalue weighted by molar-refractivity contribution is 1.51. The van der Waals surface area contributed by atoms with E-state index in [0.29, 0.717) is 11.3 Å². The number of hydrogen-bond donors (Lipinski definition) is 1. The Labute approximate surface area is 87.7 Å². The maximum Gasteiger partial charge on any atom is 0.0999 e. The predicted octanol–water partition coefficient (Wildman–Crippen LogP) is 3.12. The summed E-state index contributed by atoms with van der Waals surface area (Å²) in [5.41, 5.74) is 7.13. The van der Waals surface area contributed by atoms with E-state index < -0.39 is 0 Å². The van der Waals surface area contributed by atoms with Crippen LogP contribution < -0.4 is 5.73 Å². The number of thiophene rings is 1. The summed E-state index contributed by atoms with van der Waals surface area (Å²) in [4.78, 5) is 0. The van der Waals surface area contributed by atoms with E-state index in [1.54, 1.807) is 17.4 Å². The number of anilines is 1. The van der Waals surface area contributed by atoms with E-state index in [-0.39, 0.29) is 0 Å². The van der Waals surface area contributed by atoms with Crippen LogP contribution in [0.1, 0.15) is 5.56 Å². The highest BCUT2D eigenvalue weighted by Crippen LogP contribution is 2.38. The Morgan fingerprint density at radius 3 is 2.92 bits per heavy atom. The van der Waals surface area contributed by atoms with Gasteiger partial charge in [-0.2, -0.15) is 5.26 Å². The normalized spacial score (nSPS) is 10.2. The van der Waals surface area contributed by atoms with Gasteiger partial charge in [0, 0.05) is 10.1 Å². The smallest absolute Gasteiger partial charge is 0.0999 e. The van der Waals surface area contributed by atoms with Crippen LogP contribution in [0.4, 0.5) is 5.69 Å². The molecule has 2 rings (SSSR count). The third kappa shape index (κ3) is 1.21. The molecule has 0 saturated heterocycles. The number of nitrogens with zero attached hydrogens (tertiary/aromatic N) is 1. The molecule has 0 amide bonds. The first-order valence-electron chi connectivity index (χ1n) is 3.60. The lowest BCUT2D eigenvalue weighted by atomic mass is 10.1. The third-order valence-electron chi connectivity index (χ3n) is 1.83. The van der Waals surface area contributed by atoms with Crippen LogP contribution in [0.25, 0.3) is 10.1 Å². The van der Waals surface area contributed by atoms with Crippen molar-refractivity contribution in [2.75, 3.05) is 5.73 Å². The standard InChI is InChI=1S/C9H5BrN2S/c10-9-8(12)7-5(4-11)2-1-3-6(7)13-9/h1-3H,12H2. The van der Waals surface area contributed by atoms with Crippen LogP contribution in [0.3, 0.4) is 0 Å². The van der Waals surface area contributed by atoms with Crippen molar-refractivity contribution in [1.29, 1.82) is 5.26 Å². The molecule has 64 valence electrons. The third-order valence-corrected chi connectivity index (χ3v) is 3.70. The lowest BCUT2D eigenvalue weighted by Gasteiger charge is -1.93. The molecule has 0 radical (unpaired) electrons. The minimum absolute atomic E-state index is 0.636. The van der Waals surface area contributed by atoms with Gasteiger partial charge >= 0.3 is 0 Å². The maximum absolute atomic E-state index is 8.85. The predicted molar refractivity (Wildman–Crippen MR) is 58.7 cm³/mol. The first-order chi connectivity index (χ1) is 6.24. The van der Waals surface area contributed by atoms with Crippen LogP contribution in [0.5, 0.6) is 0 Å². The van der Waals surface area contributed by atoms with Gasteiger partial charge in [0.2, 0.25) is 0 Å². The van der Waals surface area contributed by atoms with Crippen molar-refractivity contribution in [3.63, 3.8) is 0 Å². The highest BCUT2D eigenvalue weighted by atomic mass is 79.9. The van der Waals surface area contributed by atoms with E-state index in [9.17, 15) is 0 Å². The molecular formula is C9H5BrN2S. The van der Waals surface area contributed by atoms with E-state index in [4.69, 9.17) is 11.0 Å². The SMILES string of the molecule is N#Cc1cccc2sc(Br)c(N)c12. The van der Waals surface area contributed by atoms with E-state index in [0.717, 1.165) is 13.9 Å². The molecule has 4 heteroatoms. The molecule has 13 heavy (non-hydrogen) atoms. The lowest BCUT2D eigenvalue weighted by Crippen LogP contribution is -1.84. The van der Waals surface area contributed by atoms with Crippen LogP contribution in [-0.4, -0.2) is 0 Å². The molecule has 2 aromatic rings. The number of halogens is 1. The van der Waals surface area contributed by atoms with Crippen molar-refractivity contribution < 1.29 is 0 Å². The van der Waals surface area contributed by atoms with Crippen molar-refractivity contribution >= 4 is 43.0 Å². The summed E-state index contributed by atoms with van der Waals surface area (Å²) < 4.78 is 1.94. The molecule has 0 atom stereocenters. The topological polar surface area (TPSA) is 49.8 Å². The molecule has 2 nitrogen and oxygen atoms in total. The molecule has 0 aliphatic rings. The van der Waals surface area contributed by atoms with Crippen molar-refractivity contribution in [1.82, 2.24) is 0 Å². The van der Waals surface area contributed by atoms with Gasteiger partial charge in [0.1, 0.15) is 0 Å². The van der Waals surface area contributed by atoms with E-state index in [1.807, 2.05) is 12.1 Å². The van der Waals surface area contributed by atoms with Gasteiger partial charge in [-0.25, -0.2) is 0 Å². The summed E-state index contributed by atoms with van der Waals surface area (Å²) in [5, 5.41) is 9.72. The second kappa shape index (κ2) is 3.02. The molecule has 0 bridgehead atoms. The van der Waals surface area contributed by atoms with E-state index in [2.05, 4.69) is 22.0 Å². The summed E-state index contributed by atoms with van der Waals surface area (Å²) in [6.45, 7) is 0. The Morgan fingerprint density at radius 2 is 2.23 bits per heavy atom. The zero-order valence-electron chi connectivity index (χ0n) is 6.54. The zero-order chi connectivity index (χ0) is 9.42. The number of rotatable bonds is 0. The maximum atomic E-state index is 8.85. The number of nitrogen functional groups attached to an aromatic ring is 1. The van der Waals surface area contributed by atoms with Crippen molar-refractivity contribution in [3.8, 4) is 6.07 Å². The molecule has 1 heterocycles. The highest BCUT2D eigenvalue weighted by molar-refractivity contribution is 9.11. The summed E-state index contributed by atoms with van der Waals surface area (Å²) in [6.07, 6.45) is 0. The van der Waals surface area contributed by atoms with Crippen LogP contribution in [-0.2, 0) is 0 Å². The molecule has 1 aromatic heterocycles. The number of hydrogen-bond acceptors (Lipinski definition) is 3. The fourth-order valence-corrected chi connectivity index (χ4v) is 2.83. The van der Waals surface area contributed by atoms with Crippen LogP contribution in [0.15, 0.2) is 22.0 Å². The summed E-state index contributed by atoms with van der Waals surface area (Å²) >= 11 is 4.90. The quantitative estimate of drug-likeness (QED) is 0.784. The number of fused-ring (bicyclic) bond motifs is 1. The summed E-state index contributed by atoms with van der Waals surface area (Å²) in [7, 11) is 0. The van der Waals surface area contributed by atoms with Gasteiger partial charge in [-0.3, -0.25) is 0 Å². The summed E-state index contributed by atoms with van der Waals surface area (Å²) in [5.74, 6) is 0. The Kier molecular flexibility index (Phi) is 1.98. The Morgan fingerprint density at radius 1 is 1.46 bits per heavy atom. The fraction of sp³-hybridized carbons (Fsp3) is 0. The van der Waals surface area contributed by atoms with Crippen molar-refractivity contribution in [3.05, 3.63) is 27.5 Å². The molecule has 0 spiro atoms. The monoisotopic (exact) mass is 252 g/mol. The molecule has 0 aliphatic carbocycles. The number of nitrogens with two attached hydrogens (primary N) is 1. The second-order valence-electron chi connectivity index (χ2n) is 2.58. The van der Waals surface area contributed by atoms with Crippen LogP contribution in [0, 0.1) is 11.3 Å². The first kappa shape index (κ1) is 8.54.